The van der Waals surface area contributed by atoms with E-state index in [9.17, 15) is 61.0 Å². The summed E-state index contributed by atoms with van der Waals surface area (Å²) in [6.45, 7) is 12.9. The molecule has 3 saturated heterocycles. The van der Waals surface area contributed by atoms with Crippen LogP contribution in [0.1, 0.15) is 106 Å². The third-order valence-electron chi connectivity index (χ3n) is 19.4. The van der Waals surface area contributed by atoms with Crippen LogP contribution in [0.2, 0.25) is 0 Å². The standard InChI is InChI=1S/C48H76O19/c1-20-10-15-47(42(59)60)16-17-48(43(61)67-40-36(57)34(55)32(53)25(19-50)64-40)23(29(47)21(20)2)8-9-27-45(6)13-12-28(44(4,5)26(45)11-14-46(27,48)7)65-41-37(58)38(30(51)22(3)62-41)66-39-35(56)33(54)31(52)24(18-49)63-39/h8,20-22,24-41,49-58H,9-19H2,1-7H3,(H,59,60)/t20-,21+,22-,24-,25-,26+,27+,28-,29+,30-,31-,32-,33+,34+,35-,36-,37-,38+,39+,40+,41+,45+,46-,47-,48+/m0/s1. The topological polar surface area (TPSA) is 312 Å². The SMILES string of the molecule is C[C@@H]1[C@@H](C)CC[C@]2(C(=O)O)CC[C@]3(C(=O)O[C@H]4O[C@@H](CO)[C@H](O)[C@@H](O)[C@@H]4O)C(=CC[C@@H]4[C@]5(C)CC[C@H](O[C@H]6O[C@@H](C)[C@H](O)[C@@H](O[C@H]7O[C@@H](CO)[C@H](O)[C@@H](O)[C@@H]7O)[C@@H]6O)C(C)(C)[C@H]5CC[C@@]43C)[C@@H]12. The molecule has 19 nitrogen and oxygen atoms in total. The second kappa shape index (κ2) is 18.3. The predicted octanol–water partition coefficient (Wildman–Crippen LogP) is 0.0887. The molecule has 0 radical (unpaired) electrons. The van der Waals surface area contributed by atoms with Gasteiger partial charge in [0.2, 0.25) is 6.29 Å². The molecular weight excluding hydrogens is 881 g/mol. The van der Waals surface area contributed by atoms with Crippen molar-refractivity contribution < 1.29 is 94.2 Å². The van der Waals surface area contributed by atoms with Gasteiger partial charge in [0.1, 0.15) is 67.1 Å². The van der Waals surface area contributed by atoms with Crippen molar-refractivity contribution in [1.29, 1.82) is 0 Å². The van der Waals surface area contributed by atoms with Crippen LogP contribution in [-0.4, -0.2) is 180 Å². The average Bonchev–Trinajstić information content (AvgIpc) is 3.28. The fourth-order valence-electron chi connectivity index (χ4n) is 15.3. The number of hydrogen-bond acceptors (Lipinski definition) is 18. The van der Waals surface area contributed by atoms with E-state index in [1.165, 1.54) is 0 Å². The van der Waals surface area contributed by atoms with Crippen LogP contribution < -0.4 is 0 Å². The maximum Gasteiger partial charge on any atom is 0.319 e. The summed E-state index contributed by atoms with van der Waals surface area (Å²) in [6, 6.07) is 0. The van der Waals surface area contributed by atoms with Gasteiger partial charge in [-0.2, -0.15) is 0 Å². The van der Waals surface area contributed by atoms with E-state index in [1.807, 2.05) is 0 Å². The van der Waals surface area contributed by atoms with Crippen molar-refractivity contribution in [2.45, 2.75) is 204 Å². The largest absolute Gasteiger partial charge is 0.481 e. The van der Waals surface area contributed by atoms with Crippen molar-refractivity contribution in [3.8, 4) is 0 Å². The quantitative estimate of drug-likeness (QED) is 0.0829. The zero-order valence-electron chi connectivity index (χ0n) is 39.7. The number of ether oxygens (including phenoxy) is 6. The molecule has 0 bridgehead atoms. The monoisotopic (exact) mass is 956 g/mol. The molecular formula is C48H76O19. The predicted molar refractivity (Wildman–Crippen MR) is 231 cm³/mol. The van der Waals surface area contributed by atoms with Crippen LogP contribution in [-0.2, 0) is 38.0 Å². The van der Waals surface area contributed by atoms with E-state index in [-0.39, 0.29) is 36.5 Å². The van der Waals surface area contributed by atoms with Gasteiger partial charge >= 0.3 is 11.9 Å². The summed E-state index contributed by atoms with van der Waals surface area (Å²) in [6.07, 6.45) is -17.1. The fourth-order valence-corrected chi connectivity index (χ4v) is 15.3. The Morgan fingerprint density at radius 2 is 1.25 bits per heavy atom. The smallest absolute Gasteiger partial charge is 0.319 e. The molecule has 0 aromatic carbocycles. The number of rotatable bonds is 9. The Morgan fingerprint density at radius 3 is 1.87 bits per heavy atom. The summed E-state index contributed by atoms with van der Waals surface area (Å²) < 4.78 is 36.2. The number of aliphatic carboxylic acids is 1. The first kappa shape index (κ1) is 51.4. The number of carbonyl (C=O) groups excluding carboxylic acids is 1. The molecule has 67 heavy (non-hydrogen) atoms. The minimum Gasteiger partial charge on any atom is -0.481 e. The number of hydrogen-bond donors (Lipinski definition) is 11. The number of aliphatic hydroxyl groups excluding tert-OH is 10. The highest BCUT2D eigenvalue weighted by Crippen LogP contribution is 2.76. The van der Waals surface area contributed by atoms with E-state index in [0.29, 0.717) is 38.5 Å². The van der Waals surface area contributed by atoms with E-state index < -0.39 is 156 Å². The van der Waals surface area contributed by atoms with Crippen molar-refractivity contribution in [3.63, 3.8) is 0 Å². The van der Waals surface area contributed by atoms with Gasteiger partial charge in [0.15, 0.2) is 12.6 Å². The Labute approximate surface area is 391 Å². The lowest BCUT2D eigenvalue weighted by Crippen LogP contribution is -2.69. The molecule has 0 aromatic heterocycles. The first-order valence-corrected chi connectivity index (χ1v) is 24.5. The lowest BCUT2D eigenvalue weighted by Gasteiger charge is -2.71. The molecule has 0 aromatic rings. The molecule has 4 saturated carbocycles. The number of aliphatic hydroxyl groups is 10. The lowest BCUT2D eigenvalue weighted by molar-refractivity contribution is -0.366. The van der Waals surface area contributed by atoms with Crippen LogP contribution in [0.5, 0.6) is 0 Å². The number of carbonyl (C=O) groups is 2. The van der Waals surface area contributed by atoms with Crippen LogP contribution in [0.15, 0.2) is 11.6 Å². The number of allylic oxidation sites excluding steroid dienone is 1. The minimum absolute atomic E-state index is 0.0227. The Hall–Kier alpha value is -1.92. The van der Waals surface area contributed by atoms with E-state index >= 15 is 4.79 Å². The summed E-state index contributed by atoms with van der Waals surface area (Å²) in [5, 5.41) is 117. The Balaban J connectivity index is 1.10. The van der Waals surface area contributed by atoms with Gasteiger partial charge in [-0.1, -0.05) is 53.2 Å². The Bertz CT molecular complexity index is 1860. The molecule has 3 heterocycles. The van der Waals surface area contributed by atoms with Gasteiger partial charge in [0.05, 0.1) is 36.3 Å². The van der Waals surface area contributed by atoms with Gasteiger partial charge < -0.3 is 84.6 Å². The first-order valence-electron chi connectivity index (χ1n) is 24.5. The van der Waals surface area contributed by atoms with Crippen LogP contribution in [0, 0.1) is 56.7 Å². The molecule has 0 spiro atoms. The molecule has 382 valence electrons. The Morgan fingerprint density at radius 1 is 0.657 bits per heavy atom. The number of carboxylic acids is 1. The molecule has 0 unspecified atom stereocenters. The van der Waals surface area contributed by atoms with Gasteiger partial charge in [-0.3, -0.25) is 9.59 Å². The zero-order chi connectivity index (χ0) is 49.1. The summed E-state index contributed by atoms with van der Waals surface area (Å²) in [5.41, 5.74) is -3.58. The van der Waals surface area contributed by atoms with Gasteiger partial charge in [-0.15, -0.1) is 0 Å². The number of esters is 1. The summed E-state index contributed by atoms with van der Waals surface area (Å²) >= 11 is 0. The first-order chi connectivity index (χ1) is 31.4. The van der Waals surface area contributed by atoms with Crippen molar-refractivity contribution in [2.24, 2.45) is 56.7 Å². The van der Waals surface area contributed by atoms with E-state index in [2.05, 4.69) is 47.6 Å². The number of fused-ring (bicyclic) bond motifs is 7. The minimum atomic E-state index is -1.83. The molecule has 19 heteroatoms. The van der Waals surface area contributed by atoms with Gasteiger partial charge in [0, 0.05) is 0 Å². The highest BCUT2D eigenvalue weighted by molar-refractivity contribution is 5.85. The highest BCUT2D eigenvalue weighted by atomic mass is 16.7. The maximum atomic E-state index is 15.6. The fraction of sp³-hybridized carbons (Fsp3) is 0.917. The van der Waals surface area contributed by atoms with Crippen LogP contribution in [0.3, 0.4) is 0 Å². The van der Waals surface area contributed by atoms with Crippen LogP contribution in [0.25, 0.3) is 0 Å². The van der Waals surface area contributed by atoms with E-state index in [0.717, 1.165) is 12.0 Å². The third-order valence-corrected chi connectivity index (χ3v) is 19.4. The Kier molecular flexibility index (Phi) is 14.0. The zero-order valence-corrected chi connectivity index (χ0v) is 39.7. The maximum absolute atomic E-state index is 15.6. The van der Waals surface area contributed by atoms with E-state index in [1.54, 1.807) is 6.92 Å². The van der Waals surface area contributed by atoms with Gasteiger partial charge in [-0.05, 0) is 111 Å². The van der Waals surface area contributed by atoms with Crippen molar-refractivity contribution in [3.05, 3.63) is 11.6 Å². The van der Waals surface area contributed by atoms with Gasteiger partial charge in [-0.25, -0.2) is 0 Å². The van der Waals surface area contributed by atoms with Crippen molar-refractivity contribution in [2.75, 3.05) is 13.2 Å². The summed E-state index contributed by atoms with van der Waals surface area (Å²) in [7, 11) is 0. The normalized spacial score (nSPS) is 54.0. The van der Waals surface area contributed by atoms with Crippen molar-refractivity contribution in [1.82, 2.24) is 0 Å². The second-order valence-corrected chi connectivity index (χ2v) is 22.8. The molecule has 3 aliphatic heterocycles. The van der Waals surface area contributed by atoms with Crippen LogP contribution in [0.4, 0.5) is 0 Å². The highest BCUT2D eigenvalue weighted by Gasteiger charge is 2.74. The molecule has 11 N–H and O–H groups in total. The second-order valence-electron chi connectivity index (χ2n) is 22.8. The molecule has 0 amide bonds. The molecule has 25 atom stereocenters. The molecule has 5 aliphatic carbocycles. The van der Waals surface area contributed by atoms with Crippen LogP contribution >= 0.6 is 0 Å². The number of carboxylic acid groups (broad SMARTS) is 1. The van der Waals surface area contributed by atoms with E-state index in [4.69, 9.17) is 28.4 Å². The third kappa shape index (κ3) is 7.70. The molecule has 8 rings (SSSR count). The van der Waals surface area contributed by atoms with Crippen molar-refractivity contribution >= 4 is 11.9 Å². The summed E-state index contributed by atoms with van der Waals surface area (Å²) in [4.78, 5) is 29.1. The summed E-state index contributed by atoms with van der Waals surface area (Å²) in [5.74, 6) is -2.19. The lowest BCUT2D eigenvalue weighted by atomic mass is 9.33. The average molecular weight is 957 g/mol. The molecule has 7 fully saturated rings. The molecule has 8 aliphatic rings. The van der Waals surface area contributed by atoms with Gasteiger partial charge in [0.25, 0.3) is 0 Å².